The molecule has 5 nitrogen and oxygen atoms in total. The van der Waals surface area contributed by atoms with Gasteiger partial charge in [0.1, 0.15) is 10.6 Å². The topological polar surface area (TPSA) is 75.9 Å². The zero-order valence-electron chi connectivity index (χ0n) is 10.9. The van der Waals surface area contributed by atoms with E-state index in [-0.39, 0.29) is 0 Å². The van der Waals surface area contributed by atoms with Gasteiger partial charge in [-0.25, -0.2) is 10.8 Å². The summed E-state index contributed by atoms with van der Waals surface area (Å²) < 4.78 is 0. The Hall–Kier alpha value is -1.60. The summed E-state index contributed by atoms with van der Waals surface area (Å²) in [5.41, 5.74) is 3.22. The molecule has 108 valence electrons. The number of halogens is 2. The molecule has 0 aliphatic rings. The Balaban J connectivity index is 2.10. The fourth-order valence-corrected chi connectivity index (χ4v) is 3.37. The lowest BCUT2D eigenvalue weighted by atomic mass is 10.3. The van der Waals surface area contributed by atoms with Gasteiger partial charge in [-0.3, -0.25) is 5.43 Å². The van der Waals surface area contributed by atoms with Crippen LogP contribution in [-0.2, 0) is 0 Å². The summed E-state index contributed by atoms with van der Waals surface area (Å²) in [6, 6.07) is 7.24. The number of aromatic nitrogens is 2. The SMILES string of the molecule is Cc1cc2c(Nc3cc(Cl)cc(Cl)c3)nc(NN)nc2s1. The molecule has 3 rings (SSSR count). The van der Waals surface area contributed by atoms with Crippen LogP contribution in [0.2, 0.25) is 10.0 Å². The lowest BCUT2D eigenvalue weighted by Crippen LogP contribution is -2.11. The van der Waals surface area contributed by atoms with Gasteiger partial charge in [0.2, 0.25) is 5.95 Å². The largest absolute Gasteiger partial charge is 0.339 e. The van der Waals surface area contributed by atoms with Crippen LogP contribution >= 0.6 is 34.5 Å². The van der Waals surface area contributed by atoms with Crippen LogP contribution in [0.3, 0.4) is 0 Å². The number of hydrazine groups is 1. The molecular weight excluding hydrogens is 329 g/mol. The second-order valence-corrected chi connectivity index (χ2v) is 6.51. The van der Waals surface area contributed by atoms with Crippen molar-refractivity contribution < 1.29 is 0 Å². The summed E-state index contributed by atoms with van der Waals surface area (Å²) in [6.07, 6.45) is 0. The molecule has 4 N–H and O–H groups in total. The van der Waals surface area contributed by atoms with E-state index in [0.717, 1.165) is 20.8 Å². The van der Waals surface area contributed by atoms with Crippen LogP contribution in [0.25, 0.3) is 10.2 Å². The van der Waals surface area contributed by atoms with E-state index < -0.39 is 0 Å². The molecule has 0 unspecified atom stereocenters. The number of hydrogen-bond acceptors (Lipinski definition) is 6. The number of aryl methyl sites for hydroxylation is 1. The fraction of sp³-hybridized carbons (Fsp3) is 0.0769. The van der Waals surface area contributed by atoms with Crippen LogP contribution in [0.15, 0.2) is 24.3 Å². The predicted molar refractivity (Wildman–Crippen MR) is 89.7 cm³/mol. The van der Waals surface area contributed by atoms with E-state index in [2.05, 4.69) is 20.7 Å². The van der Waals surface area contributed by atoms with Crippen molar-refractivity contribution in [2.24, 2.45) is 5.84 Å². The van der Waals surface area contributed by atoms with Crippen molar-refractivity contribution in [1.82, 2.24) is 9.97 Å². The Morgan fingerprint density at radius 2 is 1.81 bits per heavy atom. The van der Waals surface area contributed by atoms with Gasteiger partial charge in [0.05, 0.1) is 5.39 Å². The van der Waals surface area contributed by atoms with E-state index in [9.17, 15) is 0 Å². The minimum absolute atomic E-state index is 0.347. The summed E-state index contributed by atoms with van der Waals surface area (Å²) >= 11 is 13.6. The number of rotatable bonds is 3. The Labute approximate surface area is 135 Å². The molecule has 3 aromatic rings. The minimum Gasteiger partial charge on any atom is -0.339 e. The van der Waals surface area contributed by atoms with Gasteiger partial charge in [-0.1, -0.05) is 23.2 Å². The van der Waals surface area contributed by atoms with Gasteiger partial charge in [-0.05, 0) is 31.2 Å². The van der Waals surface area contributed by atoms with Crippen LogP contribution in [0.1, 0.15) is 4.88 Å². The number of nitrogens with two attached hydrogens (primary N) is 1. The number of nitrogen functional groups attached to an aromatic ring is 1. The first-order valence-electron chi connectivity index (χ1n) is 6.03. The maximum Gasteiger partial charge on any atom is 0.240 e. The van der Waals surface area contributed by atoms with Crippen LogP contribution in [0, 0.1) is 6.92 Å². The quantitative estimate of drug-likeness (QED) is 0.489. The van der Waals surface area contributed by atoms with Gasteiger partial charge in [0.15, 0.2) is 0 Å². The number of benzene rings is 1. The number of nitrogens with zero attached hydrogens (tertiary/aromatic N) is 2. The molecule has 0 bridgehead atoms. The highest BCUT2D eigenvalue weighted by Crippen LogP contribution is 2.32. The van der Waals surface area contributed by atoms with Crippen LogP contribution in [0.5, 0.6) is 0 Å². The van der Waals surface area contributed by atoms with Crippen molar-refractivity contribution in [2.45, 2.75) is 6.92 Å². The summed E-state index contributed by atoms with van der Waals surface area (Å²) in [6.45, 7) is 2.02. The molecule has 1 aromatic carbocycles. The van der Waals surface area contributed by atoms with E-state index in [1.807, 2.05) is 13.0 Å². The fourth-order valence-electron chi connectivity index (χ4n) is 1.96. The van der Waals surface area contributed by atoms with Gasteiger partial charge in [0, 0.05) is 20.6 Å². The third kappa shape index (κ3) is 3.03. The van der Waals surface area contributed by atoms with Gasteiger partial charge >= 0.3 is 0 Å². The van der Waals surface area contributed by atoms with E-state index in [0.29, 0.717) is 21.8 Å². The Bertz CT molecular complexity index is 797. The minimum atomic E-state index is 0.347. The molecule has 0 aliphatic carbocycles. The number of anilines is 3. The normalized spacial score (nSPS) is 10.9. The van der Waals surface area contributed by atoms with E-state index in [1.54, 1.807) is 29.5 Å². The molecule has 2 aromatic heterocycles. The van der Waals surface area contributed by atoms with Gasteiger partial charge in [0.25, 0.3) is 0 Å². The van der Waals surface area contributed by atoms with E-state index >= 15 is 0 Å². The monoisotopic (exact) mass is 339 g/mol. The van der Waals surface area contributed by atoms with Crippen LogP contribution < -0.4 is 16.6 Å². The van der Waals surface area contributed by atoms with Crippen molar-refractivity contribution in [1.29, 1.82) is 0 Å². The highest BCUT2D eigenvalue weighted by atomic mass is 35.5. The third-order valence-electron chi connectivity index (χ3n) is 2.77. The number of thiophene rings is 1. The number of fused-ring (bicyclic) bond motifs is 1. The molecule has 0 amide bonds. The molecule has 0 saturated carbocycles. The maximum absolute atomic E-state index is 6.01. The van der Waals surface area contributed by atoms with Crippen molar-refractivity contribution in [2.75, 3.05) is 10.7 Å². The molecule has 0 atom stereocenters. The summed E-state index contributed by atoms with van der Waals surface area (Å²) in [7, 11) is 0. The number of hydrogen-bond donors (Lipinski definition) is 3. The highest BCUT2D eigenvalue weighted by Gasteiger charge is 2.11. The highest BCUT2D eigenvalue weighted by molar-refractivity contribution is 7.18. The van der Waals surface area contributed by atoms with Gasteiger partial charge in [-0.15, -0.1) is 11.3 Å². The lowest BCUT2D eigenvalue weighted by molar-refractivity contribution is 1.16. The first kappa shape index (κ1) is 14.3. The maximum atomic E-state index is 6.01. The van der Waals surface area contributed by atoms with E-state index in [1.165, 1.54) is 0 Å². The Morgan fingerprint density at radius 3 is 2.48 bits per heavy atom. The molecule has 0 spiro atoms. The molecule has 2 heterocycles. The van der Waals surface area contributed by atoms with E-state index in [4.69, 9.17) is 29.0 Å². The predicted octanol–water partition coefficient (Wildman–Crippen LogP) is 4.34. The molecule has 21 heavy (non-hydrogen) atoms. The van der Waals surface area contributed by atoms with Crippen molar-refractivity contribution in [3.8, 4) is 0 Å². The summed E-state index contributed by atoms with van der Waals surface area (Å²) in [4.78, 5) is 10.7. The Kier molecular flexibility index (Phi) is 3.86. The van der Waals surface area contributed by atoms with Crippen LogP contribution in [0.4, 0.5) is 17.5 Å². The van der Waals surface area contributed by atoms with Crippen LogP contribution in [-0.4, -0.2) is 9.97 Å². The molecule has 8 heteroatoms. The smallest absolute Gasteiger partial charge is 0.240 e. The van der Waals surface area contributed by atoms with Crippen molar-refractivity contribution >= 4 is 62.2 Å². The summed E-state index contributed by atoms with van der Waals surface area (Å²) in [5.74, 6) is 6.41. The van der Waals surface area contributed by atoms with Gasteiger partial charge in [-0.2, -0.15) is 4.98 Å². The zero-order chi connectivity index (χ0) is 15.0. The average molecular weight is 340 g/mol. The first-order chi connectivity index (χ1) is 10.0. The molecule has 0 fully saturated rings. The molecular formula is C13H11Cl2N5S. The van der Waals surface area contributed by atoms with Crippen molar-refractivity contribution in [3.63, 3.8) is 0 Å². The van der Waals surface area contributed by atoms with Gasteiger partial charge < -0.3 is 5.32 Å². The Morgan fingerprint density at radius 1 is 1.10 bits per heavy atom. The zero-order valence-corrected chi connectivity index (χ0v) is 13.3. The standard InChI is InChI=1S/C13H11Cl2N5S/c1-6-2-10-11(18-13(20-16)19-12(10)21-6)17-9-4-7(14)3-8(15)5-9/h2-5H,16H2,1H3,(H2,17,18,19,20). The summed E-state index contributed by atoms with van der Waals surface area (Å²) in [5, 5.41) is 5.23. The average Bonchev–Trinajstić information content (AvgIpc) is 2.78. The lowest BCUT2D eigenvalue weighted by Gasteiger charge is -2.09. The third-order valence-corrected chi connectivity index (χ3v) is 4.15. The van der Waals surface area contributed by atoms with Crippen molar-refractivity contribution in [3.05, 3.63) is 39.2 Å². The second kappa shape index (κ2) is 5.65. The number of nitrogens with one attached hydrogen (secondary N) is 2. The molecule has 0 saturated heterocycles. The molecule has 0 aliphatic heterocycles. The second-order valence-electron chi connectivity index (χ2n) is 4.40. The first-order valence-corrected chi connectivity index (χ1v) is 7.60. The molecule has 0 radical (unpaired) electrons.